The molecule has 0 unspecified atom stereocenters. The fourth-order valence-corrected chi connectivity index (χ4v) is 4.57. The molecule has 5 rings (SSSR count). The molecule has 0 saturated heterocycles. The summed E-state index contributed by atoms with van der Waals surface area (Å²) < 4.78 is 3.45. The quantitative estimate of drug-likeness (QED) is 0.459. The second-order valence-corrected chi connectivity index (χ2v) is 8.31. The minimum Gasteiger partial charge on any atom is -0.356 e. The highest BCUT2D eigenvalue weighted by molar-refractivity contribution is 5.77. The van der Waals surface area contributed by atoms with Crippen molar-refractivity contribution < 1.29 is 4.79 Å². The van der Waals surface area contributed by atoms with Crippen LogP contribution in [0.1, 0.15) is 24.0 Å². The van der Waals surface area contributed by atoms with E-state index in [1.54, 1.807) is 16.8 Å². The van der Waals surface area contributed by atoms with Crippen molar-refractivity contribution in [2.75, 3.05) is 19.6 Å². The molecule has 1 aliphatic heterocycles. The van der Waals surface area contributed by atoms with Crippen molar-refractivity contribution in [2.45, 2.75) is 32.4 Å². The van der Waals surface area contributed by atoms with Gasteiger partial charge in [0.1, 0.15) is 5.52 Å². The zero-order chi connectivity index (χ0) is 21.9. The Morgan fingerprint density at radius 3 is 2.75 bits per heavy atom. The van der Waals surface area contributed by atoms with E-state index in [4.69, 9.17) is 0 Å². The summed E-state index contributed by atoms with van der Waals surface area (Å²) in [4.78, 5) is 32.2. The molecule has 1 N–H and O–H groups in total. The molecule has 3 aromatic heterocycles. The van der Waals surface area contributed by atoms with Crippen molar-refractivity contribution >= 4 is 22.6 Å². The molecule has 0 aliphatic carbocycles. The smallest absolute Gasteiger partial charge is 0.276 e. The third-order valence-electron chi connectivity index (χ3n) is 6.24. The van der Waals surface area contributed by atoms with Gasteiger partial charge in [-0.1, -0.05) is 24.3 Å². The summed E-state index contributed by atoms with van der Waals surface area (Å²) >= 11 is 0. The minimum absolute atomic E-state index is 0.0415. The van der Waals surface area contributed by atoms with E-state index in [0.29, 0.717) is 24.3 Å². The van der Waals surface area contributed by atoms with Crippen LogP contribution in [0.25, 0.3) is 16.7 Å². The molecule has 4 aromatic rings. The third-order valence-corrected chi connectivity index (χ3v) is 6.24. The first kappa shape index (κ1) is 20.5. The number of fused-ring (bicyclic) bond motifs is 4. The number of carbonyl (C=O) groups excluding carboxylic acids is 1. The topological polar surface area (TPSA) is 71.6 Å². The molecule has 4 heterocycles. The standard InChI is InChI=1S/C25H27N5O2/c31-23(26-13-5-14-28-16-10-19-6-1-2-7-20(19)18-28)11-17-30-24-21(8-3-12-27-24)29-15-4-9-22(29)25(30)32/h1-4,6-9,12,15H,5,10-11,13-14,16-18H2,(H,26,31). The van der Waals surface area contributed by atoms with Gasteiger partial charge in [-0.05, 0) is 48.2 Å². The van der Waals surface area contributed by atoms with Crippen LogP contribution in [0.15, 0.2) is 65.7 Å². The predicted octanol–water partition coefficient (Wildman–Crippen LogP) is 2.60. The van der Waals surface area contributed by atoms with Crippen LogP contribution >= 0.6 is 0 Å². The summed E-state index contributed by atoms with van der Waals surface area (Å²) in [5.41, 5.74) is 4.78. The van der Waals surface area contributed by atoms with E-state index in [9.17, 15) is 9.59 Å². The van der Waals surface area contributed by atoms with Crippen LogP contribution in [0, 0.1) is 0 Å². The number of pyridine rings is 1. The minimum atomic E-state index is -0.126. The molecule has 32 heavy (non-hydrogen) atoms. The Kier molecular flexibility index (Phi) is 5.73. The highest BCUT2D eigenvalue weighted by Gasteiger charge is 2.15. The maximum absolute atomic E-state index is 12.9. The Balaban J connectivity index is 1.14. The van der Waals surface area contributed by atoms with Gasteiger partial charge in [0, 0.05) is 51.5 Å². The molecule has 7 heteroatoms. The third kappa shape index (κ3) is 4.03. The Labute approximate surface area is 186 Å². The van der Waals surface area contributed by atoms with Gasteiger partial charge in [0.15, 0.2) is 5.65 Å². The molecular formula is C25H27N5O2. The van der Waals surface area contributed by atoms with Gasteiger partial charge in [-0.3, -0.25) is 19.1 Å². The molecule has 1 aliphatic rings. The molecule has 0 bridgehead atoms. The Hall–Kier alpha value is -3.45. The Morgan fingerprint density at radius 2 is 1.84 bits per heavy atom. The van der Waals surface area contributed by atoms with Crippen LogP contribution < -0.4 is 10.9 Å². The number of aryl methyl sites for hydroxylation is 1. The first-order chi connectivity index (χ1) is 15.7. The van der Waals surface area contributed by atoms with E-state index >= 15 is 0 Å². The zero-order valence-corrected chi connectivity index (χ0v) is 18.0. The second-order valence-electron chi connectivity index (χ2n) is 8.31. The van der Waals surface area contributed by atoms with Crippen LogP contribution in [0.2, 0.25) is 0 Å². The van der Waals surface area contributed by atoms with Crippen LogP contribution in [-0.2, 0) is 24.3 Å². The highest BCUT2D eigenvalue weighted by Crippen LogP contribution is 2.18. The monoisotopic (exact) mass is 429 g/mol. The lowest BCUT2D eigenvalue weighted by Crippen LogP contribution is -2.34. The van der Waals surface area contributed by atoms with E-state index in [1.807, 2.05) is 28.8 Å². The van der Waals surface area contributed by atoms with Crippen LogP contribution in [-0.4, -0.2) is 44.4 Å². The maximum Gasteiger partial charge on any atom is 0.276 e. The van der Waals surface area contributed by atoms with Gasteiger partial charge in [0.05, 0.1) is 5.52 Å². The predicted molar refractivity (Wildman–Crippen MR) is 125 cm³/mol. The van der Waals surface area contributed by atoms with E-state index in [0.717, 1.165) is 38.0 Å². The van der Waals surface area contributed by atoms with Gasteiger partial charge in [-0.15, -0.1) is 0 Å². The van der Waals surface area contributed by atoms with Crippen molar-refractivity contribution in [3.8, 4) is 0 Å². The summed E-state index contributed by atoms with van der Waals surface area (Å²) in [6.07, 6.45) is 5.78. The van der Waals surface area contributed by atoms with Crippen LogP contribution in [0.3, 0.4) is 0 Å². The fourth-order valence-electron chi connectivity index (χ4n) is 4.57. The molecule has 0 fully saturated rings. The number of nitrogens with zero attached hydrogens (tertiary/aromatic N) is 4. The van der Waals surface area contributed by atoms with E-state index < -0.39 is 0 Å². The van der Waals surface area contributed by atoms with Gasteiger partial charge < -0.3 is 9.72 Å². The summed E-state index contributed by atoms with van der Waals surface area (Å²) in [6, 6.07) is 16.1. The zero-order valence-electron chi connectivity index (χ0n) is 18.0. The van der Waals surface area contributed by atoms with Gasteiger partial charge in [-0.2, -0.15) is 0 Å². The SMILES string of the molecule is O=C(CCn1c(=O)c2cccn2c2cccnc21)NCCCN1CCc2ccccc2C1. The Bertz CT molecular complexity index is 1320. The van der Waals surface area contributed by atoms with Crippen molar-refractivity contribution in [1.29, 1.82) is 0 Å². The van der Waals surface area contributed by atoms with Crippen molar-refractivity contribution in [3.05, 3.63) is 82.4 Å². The summed E-state index contributed by atoms with van der Waals surface area (Å²) in [6.45, 7) is 3.96. The largest absolute Gasteiger partial charge is 0.356 e. The molecule has 0 radical (unpaired) electrons. The first-order valence-electron chi connectivity index (χ1n) is 11.2. The number of hydrogen-bond acceptors (Lipinski definition) is 4. The number of rotatable bonds is 7. The molecule has 1 amide bonds. The number of benzene rings is 1. The number of aromatic nitrogens is 3. The lowest BCUT2D eigenvalue weighted by Gasteiger charge is -2.28. The molecule has 7 nitrogen and oxygen atoms in total. The van der Waals surface area contributed by atoms with Gasteiger partial charge >= 0.3 is 0 Å². The maximum atomic E-state index is 12.9. The number of amides is 1. The van der Waals surface area contributed by atoms with Crippen molar-refractivity contribution in [1.82, 2.24) is 24.2 Å². The van der Waals surface area contributed by atoms with Gasteiger partial charge in [0.2, 0.25) is 5.91 Å². The average molecular weight is 430 g/mol. The van der Waals surface area contributed by atoms with E-state index in [-0.39, 0.29) is 17.9 Å². The van der Waals surface area contributed by atoms with Crippen molar-refractivity contribution in [2.24, 2.45) is 0 Å². The van der Waals surface area contributed by atoms with E-state index in [2.05, 4.69) is 39.5 Å². The lowest BCUT2D eigenvalue weighted by atomic mass is 10.00. The molecule has 0 spiro atoms. The second kappa shape index (κ2) is 8.96. The molecule has 164 valence electrons. The Morgan fingerprint density at radius 1 is 1.00 bits per heavy atom. The summed E-state index contributed by atoms with van der Waals surface area (Å²) in [5.74, 6) is -0.0415. The molecule has 0 atom stereocenters. The first-order valence-corrected chi connectivity index (χ1v) is 11.2. The van der Waals surface area contributed by atoms with Gasteiger partial charge in [0.25, 0.3) is 5.56 Å². The van der Waals surface area contributed by atoms with E-state index in [1.165, 1.54) is 11.1 Å². The van der Waals surface area contributed by atoms with Gasteiger partial charge in [-0.25, -0.2) is 4.98 Å². The number of nitrogens with one attached hydrogen (secondary N) is 1. The summed E-state index contributed by atoms with van der Waals surface area (Å²) in [5, 5.41) is 3.00. The van der Waals surface area contributed by atoms with Crippen LogP contribution in [0.4, 0.5) is 0 Å². The van der Waals surface area contributed by atoms with Crippen LogP contribution in [0.5, 0.6) is 0 Å². The fraction of sp³-hybridized carbons (Fsp3) is 0.320. The normalized spacial score (nSPS) is 14.0. The number of carbonyl (C=O) groups is 1. The average Bonchev–Trinajstić information content (AvgIpc) is 3.32. The highest BCUT2D eigenvalue weighted by atomic mass is 16.2. The summed E-state index contributed by atoms with van der Waals surface area (Å²) in [7, 11) is 0. The molecule has 1 aromatic carbocycles. The lowest BCUT2D eigenvalue weighted by molar-refractivity contribution is -0.121. The van der Waals surface area contributed by atoms with Crippen molar-refractivity contribution in [3.63, 3.8) is 0 Å². The molecular weight excluding hydrogens is 402 g/mol. The molecule has 0 saturated carbocycles. The number of hydrogen-bond donors (Lipinski definition) is 1.